The van der Waals surface area contributed by atoms with E-state index in [2.05, 4.69) is 20.5 Å². The average molecular weight is 520 g/mol. The topological polar surface area (TPSA) is 97.3 Å². The minimum absolute atomic E-state index is 0.0754. The Hall–Kier alpha value is -2.56. The first-order valence-electron chi connectivity index (χ1n) is 11.1. The first-order valence-corrected chi connectivity index (χ1v) is 13.2. The summed E-state index contributed by atoms with van der Waals surface area (Å²) in [4.78, 5) is 32.1. The van der Waals surface area contributed by atoms with Gasteiger partial charge in [0.1, 0.15) is 16.5 Å². The number of carbonyl (C=O) groups is 2. The van der Waals surface area contributed by atoms with Crippen LogP contribution < -0.4 is 10.1 Å². The molecule has 1 N–H and O–H groups in total. The number of benzene rings is 1. The molecule has 0 spiro atoms. The molecule has 0 bridgehead atoms. The van der Waals surface area contributed by atoms with Gasteiger partial charge in [0.2, 0.25) is 5.13 Å². The van der Waals surface area contributed by atoms with Crippen LogP contribution in [0.25, 0.3) is 0 Å². The van der Waals surface area contributed by atoms with E-state index in [-0.39, 0.29) is 17.7 Å². The number of nitrogens with zero attached hydrogens (tertiary/aromatic N) is 4. The van der Waals surface area contributed by atoms with Gasteiger partial charge in [-0.2, -0.15) is 0 Å². The number of carbonyl (C=O) groups excluding carboxylic acids is 2. The van der Waals surface area contributed by atoms with Crippen LogP contribution in [0, 0.1) is 0 Å². The zero-order valence-corrected chi connectivity index (χ0v) is 21.6. The van der Waals surface area contributed by atoms with E-state index in [9.17, 15) is 9.59 Å². The molecule has 1 saturated heterocycles. The molecule has 0 saturated carbocycles. The van der Waals surface area contributed by atoms with E-state index in [1.54, 1.807) is 31.4 Å². The Balaban J connectivity index is 1.33. The third kappa shape index (κ3) is 5.56. The Kier molecular flexibility index (Phi) is 7.49. The number of amides is 2. The van der Waals surface area contributed by atoms with Crippen LogP contribution in [0.5, 0.6) is 5.75 Å². The number of aryl methyl sites for hydroxylation is 1. The predicted octanol–water partition coefficient (Wildman–Crippen LogP) is 5.03. The van der Waals surface area contributed by atoms with E-state index in [1.165, 1.54) is 22.7 Å². The smallest absolute Gasteiger partial charge is 0.276 e. The van der Waals surface area contributed by atoms with Crippen LogP contribution in [0.4, 0.5) is 5.13 Å². The van der Waals surface area contributed by atoms with Gasteiger partial charge in [0.05, 0.1) is 10.0 Å². The van der Waals surface area contributed by atoms with Gasteiger partial charge in [0, 0.05) is 24.4 Å². The number of likely N-dealkylation sites (tertiary alicyclic amines) is 1. The quantitative estimate of drug-likeness (QED) is 0.470. The highest BCUT2D eigenvalue weighted by atomic mass is 35.5. The Labute approximate surface area is 211 Å². The molecule has 3 heterocycles. The summed E-state index contributed by atoms with van der Waals surface area (Å²) in [6, 6.07) is 7.14. The number of rotatable bonds is 7. The van der Waals surface area contributed by atoms with Gasteiger partial charge >= 0.3 is 0 Å². The summed E-state index contributed by atoms with van der Waals surface area (Å²) in [5, 5.41) is 15.3. The van der Waals surface area contributed by atoms with Gasteiger partial charge in [-0.15, -0.1) is 21.5 Å². The number of hydrogen-bond acceptors (Lipinski definition) is 8. The molecule has 3 aromatic rings. The largest absolute Gasteiger partial charge is 0.476 e. The maximum Gasteiger partial charge on any atom is 0.276 e. The predicted molar refractivity (Wildman–Crippen MR) is 134 cm³/mol. The SMILES string of the molecule is CCc1nnc(NC(=O)c2csc(C3CCN(C(=O)C(C)(C)Oc4ccccc4Cl)CC3)n2)s1. The summed E-state index contributed by atoms with van der Waals surface area (Å²) in [7, 11) is 0. The molecule has 11 heteroatoms. The number of halogens is 1. The van der Waals surface area contributed by atoms with Gasteiger partial charge in [0.15, 0.2) is 5.60 Å². The third-order valence-electron chi connectivity index (χ3n) is 5.59. The van der Waals surface area contributed by atoms with Crippen LogP contribution in [-0.2, 0) is 11.2 Å². The van der Waals surface area contributed by atoms with Gasteiger partial charge in [-0.05, 0) is 45.2 Å². The fraction of sp³-hybridized carbons (Fsp3) is 0.435. The van der Waals surface area contributed by atoms with Crippen LogP contribution in [0.3, 0.4) is 0 Å². The molecular weight excluding hydrogens is 494 g/mol. The van der Waals surface area contributed by atoms with Crippen molar-refractivity contribution in [3.63, 3.8) is 0 Å². The molecule has 0 unspecified atom stereocenters. The van der Waals surface area contributed by atoms with Crippen molar-refractivity contribution in [3.8, 4) is 5.75 Å². The molecule has 8 nitrogen and oxygen atoms in total. The van der Waals surface area contributed by atoms with E-state index in [1.807, 2.05) is 24.0 Å². The monoisotopic (exact) mass is 519 g/mol. The Morgan fingerprint density at radius 3 is 2.65 bits per heavy atom. The van der Waals surface area contributed by atoms with E-state index in [0.717, 1.165) is 29.3 Å². The second-order valence-corrected chi connectivity index (χ2v) is 10.8. The lowest BCUT2D eigenvalue weighted by atomic mass is 9.96. The number of ether oxygens (including phenoxy) is 1. The fourth-order valence-corrected chi connectivity index (χ4v) is 5.56. The molecule has 180 valence electrons. The van der Waals surface area contributed by atoms with Crippen molar-refractivity contribution in [3.05, 3.63) is 50.4 Å². The van der Waals surface area contributed by atoms with E-state index in [4.69, 9.17) is 16.3 Å². The number of nitrogens with one attached hydrogen (secondary N) is 1. The van der Waals surface area contributed by atoms with Crippen LogP contribution in [-0.4, -0.2) is 50.6 Å². The summed E-state index contributed by atoms with van der Waals surface area (Å²) in [6.45, 7) is 6.72. The minimum atomic E-state index is -1.04. The molecular formula is C23H26ClN5O3S2. The molecule has 2 aromatic heterocycles. The molecule has 1 fully saturated rings. The van der Waals surface area contributed by atoms with Gasteiger partial charge in [-0.1, -0.05) is 42.0 Å². The summed E-state index contributed by atoms with van der Waals surface area (Å²) in [5.74, 6) is 0.336. The zero-order valence-electron chi connectivity index (χ0n) is 19.2. The van der Waals surface area contributed by atoms with Crippen LogP contribution >= 0.6 is 34.3 Å². The number of piperidine rings is 1. The van der Waals surface area contributed by atoms with Gasteiger partial charge in [0.25, 0.3) is 11.8 Å². The zero-order chi connectivity index (χ0) is 24.3. The van der Waals surface area contributed by atoms with Crippen LogP contribution in [0.2, 0.25) is 5.02 Å². The van der Waals surface area contributed by atoms with Crippen molar-refractivity contribution in [2.75, 3.05) is 18.4 Å². The standard InChI is InChI=1S/C23H26ClN5O3S2/c1-4-18-27-28-22(34-18)26-19(30)16-13-33-20(25-16)14-9-11-29(12-10-14)21(31)23(2,3)32-17-8-6-5-7-15(17)24/h5-8,13-14H,4,9-12H2,1-3H3,(H,26,28,30). The summed E-state index contributed by atoms with van der Waals surface area (Å²) in [6.07, 6.45) is 2.33. The summed E-state index contributed by atoms with van der Waals surface area (Å²) in [5.41, 5.74) is -0.659. The minimum Gasteiger partial charge on any atom is -0.476 e. The van der Waals surface area contributed by atoms with E-state index < -0.39 is 5.60 Å². The molecule has 1 aromatic carbocycles. The number of para-hydroxylation sites is 1. The van der Waals surface area contributed by atoms with E-state index >= 15 is 0 Å². The van der Waals surface area contributed by atoms with Crippen molar-refractivity contribution in [1.82, 2.24) is 20.1 Å². The Bertz CT molecular complexity index is 1170. The fourth-order valence-electron chi connectivity index (χ4n) is 3.74. The van der Waals surface area contributed by atoms with Crippen molar-refractivity contribution < 1.29 is 14.3 Å². The molecule has 4 rings (SSSR count). The molecule has 1 aliphatic heterocycles. The highest BCUT2D eigenvalue weighted by molar-refractivity contribution is 7.15. The molecule has 1 aliphatic rings. The first-order chi connectivity index (χ1) is 16.3. The van der Waals surface area contributed by atoms with Crippen molar-refractivity contribution >= 4 is 51.2 Å². The summed E-state index contributed by atoms with van der Waals surface area (Å²) >= 11 is 9.03. The highest BCUT2D eigenvalue weighted by Crippen LogP contribution is 2.33. The summed E-state index contributed by atoms with van der Waals surface area (Å²) < 4.78 is 5.96. The van der Waals surface area contributed by atoms with Crippen molar-refractivity contribution in [2.45, 2.75) is 51.6 Å². The van der Waals surface area contributed by atoms with Gasteiger partial charge < -0.3 is 9.64 Å². The number of anilines is 1. The van der Waals surface area contributed by atoms with Crippen molar-refractivity contribution in [1.29, 1.82) is 0 Å². The average Bonchev–Trinajstić information content (AvgIpc) is 3.50. The number of hydrogen-bond donors (Lipinski definition) is 1. The normalized spacial score (nSPS) is 14.8. The van der Waals surface area contributed by atoms with Crippen molar-refractivity contribution in [2.24, 2.45) is 0 Å². The third-order valence-corrected chi connectivity index (χ3v) is 7.90. The van der Waals surface area contributed by atoms with Crippen LogP contribution in [0.15, 0.2) is 29.6 Å². The second kappa shape index (κ2) is 10.4. The molecule has 2 amide bonds. The maximum atomic E-state index is 13.2. The highest BCUT2D eigenvalue weighted by Gasteiger charge is 2.37. The lowest BCUT2D eigenvalue weighted by Gasteiger charge is -2.36. The number of thiazole rings is 1. The molecule has 0 atom stereocenters. The lowest BCUT2D eigenvalue weighted by Crippen LogP contribution is -2.51. The maximum absolute atomic E-state index is 13.2. The number of aromatic nitrogens is 3. The second-order valence-electron chi connectivity index (χ2n) is 8.49. The molecule has 34 heavy (non-hydrogen) atoms. The van der Waals surface area contributed by atoms with Gasteiger partial charge in [-0.3, -0.25) is 14.9 Å². The lowest BCUT2D eigenvalue weighted by molar-refractivity contribution is -0.146. The Morgan fingerprint density at radius 1 is 1.24 bits per heavy atom. The van der Waals surface area contributed by atoms with E-state index in [0.29, 0.717) is 34.7 Å². The van der Waals surface area contributed by atoms with Gasteiger partial charge in [-0.25, -0.2) is 4.98 Å². The van der Waals surface area contributed by atoms with Crippen LogP contribution in [0.1, 0.15) is 60.0 Å². The molecule has 0 radical (unpaired) electrons. The Morgan fingerprint density at radius 2 is 1.97 bits per heavy atom. The molecule has 0 aliphatic carbocycles. The first kappa shape index (κ1) is 24.6.